The first-order valence-corrected chi connectivity index (χ1v) is 7.85. The fourth-order valence-electron chi connectivity index (χ4n) is 3.67. The van der Waals surface area contributed by atoms with E-state index in [-0.39, 0.29) is 42.2 Å². The minimum atomic E-state index is -0.317. The molecule has 1 amide bonds. The SMILES string of the molecule is CCN1CCCC1CNC(=O)C1CCCCC1(C)N.Cl.Cl. The number of hydrogen-bond donors (Lipinski definition) is 2. The van der Waals surface area contributed by atoms with Crippen LogP contribution in [0.3, 0.4) is 0 Å². The topological polar surface area (TPSA) is 58.4 Å². The molecular formula is C15H31Cl2N3O. The lowest BCUT2D eigenvalue weighted by atomic mass is 9.74. The van der Waals surface area contributed by atoms with Gasteiger partial charge in [-0.1, -0.05) is 19.8 Å². The van der Waals surface area contributed by atoms with E-state index in [1.807, 2.05) is 6.92 Å². The highest BCUT2D eigenvalue weighted by Gasteiger charge is 2.38. The van der Waals surface area contributed by atoms with Crippen LogP contribution in [0.4, 0.5) is 0 Å². The summed E-state index contributed by atoms with van der Waals surface area (Å²) in [5, 5.41) is 3.15. The van der Waals surface area contributed by atoms with Gasteiger partial charge in [0, 0.05) is 18.1 Å². The van der Waals surface area contributed by atoms with Gasteiger partial charge in [-0.15, -0.1) is 24.8 Å². The molecular weight excluding hydrogens is 309 g/mol. The van der Waals surface area contributed by atoms with Crippen molar-refractivity contribution in [2.24, 2.45) is 11.7 Å². The third kappa shape index (κ3) is 5.27. The van der Waals surface area contributed by atoms with E-state index in [1.165, 1.54) is 19.4 Å². The summed E-state index contributed by atoms with van der Waals surface area (Å²) in [6.07, 6.45) is 6.67. The summed E-state index contributed by atoms with van der Waals surface area (Å²) < 4.78 is 0. The second-order valence-corrected chi connectivity index (χ2v) is 6.47. The molecule has 3 atom stereocenters. The zero-order valence-electron chi connectivity index (χ0n) is 13.3. The van der Waals surface area contributed by atoms with E-state index in [0.29, 0.717) is 6.04 Å². The average molecular weight is 340 g/mol. The zero-order chi connectivity index (χ0) is 13.9. The Morgan fingerprint density at radius 1 is 1.29 bits per heavy atom. The van der Waals surface area contributed by atoms with Crippen LogP contribution in [0.15, 0.2) is 0 Å². The van der Waals surface area contributed by atoms with Crippen molar-refractivity contribution in [1.29, 1.82) is 0 Å². The van der Waals surface area contributed by atoms with Crippen LogP contribution in [0.5, 0.6) is 0 Å². The van der Waals surface area contributed by atoms with Gasteiger partial charge in [0.05, 0.1) is 5.92 Å². The molecule has 1 saturated heterocycles. The molecule has 1 heterocycles. The number of halogens is 2. The number of likely N-dealkylation sites (tertiary alicyclic amines) is 1. The Hall–Kier alpha value is -0.0300. The molecule has 0 bridgehead atoms. The van der Waals surface area contributed by atoms with Gasteiger partial charge in [0.15, 0.2) is 0 Å². The molecule has 0 aromatic rings. The summed E-state index contributed by atoms with van der Waals surface area (Å²) in [7, 11) is 0. The van der Waals surface area contributed by atoms with Crippen molar-refractivity contribution < 1.29 is 4.79 Å². The van der Waals surface area contributed by atoms with Gasteiger partial charge in [-0.05, 0) is 45.7 Å². The molecule has 21 heavy (non-hydrogen) atoms. The van der Waals surface area contributed by atoms with Gasteiger partial charge < -0.3 is 11.1 Å². The highest BCUT2D eigenvalue weighted by Crippen LogP contribution is 2.31. The maximum absolute atomic E-state index is 12.4. The summed E-state index contributed by atoms with van der Waals surface area (Å²) in [5.74, 6) is 0.172. The predicted octanol–water partition coefficient (Wildman–Crippen LogP) is 2.34. The largest absolute Gasteiger partial charge is 0.354 e. The van der Waals surface area contributed by atoms with E-state index in [2.05, 4.69) is 17.1 Å². The number of nitrogens with one attached hydrogen (secondary N) is 1. The Balaban J connectivity index is 0.00000200. The van der Waals surface area contributed by atoms with Crippen LogP contribution in [0.1, 0.15) is 52.4 Å². The van der Waals surface area contributed by atoms with Gasteiger partial charge in [0.1, 0.15) is 0 Å². The molecule has 3 N–H and O–H groups in total. The summed E-state index contributed by atoms with van der Waals surface area (Å²) >= 11 is 0. The van der Waals surface area contributed by atoms with Crippen molar-refractivity contribution in [3.63, 3.8) is 0 Å². The van der Waals surface area contributed by atoms with Crippen molar-refractivity contribution in [2.45, 2.75) is 64.0 Å². The van der Waals surface area contributed by atoms with E-state index >= 15 is 0 Å². The number of likely N-dealkylation sites (N-methyl/N-ethyl adjacent to an activating group) is 1. The third-order valence-corrected chi connectivity index (χ3v) is 4.99. The van der Waals surface area contributed by atoms with Crippen molar-refractivity contribution in [2.75, 3.05) is 19.6 Å². The molecule has 0 spiro atoms. The summed E-state index contributed by atoms with van der Waals surface area (Å²) in [6, 6.07) is 0.529. The van der Waals surface area contributed by atoms with Gasteiger partial charge in [0.2, 0.25) is 5.91 Å². The van der Waals surface area contributed by atoms with Crippen LogP contribution in [0.2, 0.25) is 0 Å². The quantitative estimate of drug-likeness (QED) is 0.826. The molecule has 2 fully saturated rings. The average Bonchev–Trinajstić information content (AvgIpc) is 2.82. The van der Waals surface area contributed by atoms with Crippen molar-refractivity contribution in [3.8, 4) is 0 Å². The summed E-state index contributed by atoms with van der Waals surface area (Å²) in [4.78, 5) is 14.8. The van der Waals surface area contributed by atoms with Crippen LogP contribution < -0.4 is 11.1 Å². The number of carbonyl (C=O) groups excluding carboxylic acids is 1. The summed E-state index contributed by atoms with van der Waals surface area (Å²) in [6.45, 7) is 7.27. The number of nitrogens with zero attached hydrogens (tertiary/aromatic N) is 1. The zero-order valence-corrected chi connectivity index (χ0v) is 14.9. The second-order valence-electron chi connectivity index (χ2n) is 6.47. The number of rotatable bonds is 4. The monoisotopic (exact) mass is 339 g/mol. The van der Waals surface area contributed by atoms with E-state index in [9.17, 15) is 4.79 Å². The summed E-state index contributed by atoms with van der Waals surface area (Å²) in [5.41, 5.74) is 5.97. The first-order valence-electron chi connectivity index (χ1n) is 7.85. The van der Waals surface area contributed by atoms with E-state index in [1.54, 1.807) is 0 Å². The lowest BCUT2D eigenvalue weighted by molar-refractivity contribution is -0.128. The second kappa shape index (κ2) is 9.19. The van der Waals surface area contributed by atoms with Crippen LogP contribution in [-0.2, 0) is 4.79 Å². The van der Waals surface area contributed by atoms with Gasteiger partial charge in [-0.25, -0.2) is 0 Å². The van der Waals surface area contributed by atoms with Crippen LogP contribution in [0, 0.1) is 5.92 Å². The fourth-order valence-corrected chi connectivity index (χ4v) is 3.67. The highest BCUT2D eigenvalue weighted by molar-refractivity contribution is 5.85. The van der Waals surface area contributed by atoms with Crippen LogP contribution in [-0.4, -0.2) is 42.0 Å². The lowest BCUT2D eigenvalue weighted by Gasteiger charge is -2.37. The molecule has 2 rings (SSSR count). The molecule has 1 aliphatic heterocycles. The fraction of sp³-hybridized carbons (Fsp3) is 0.933. The van der Waals surface area contributed by atoms with Gasteiger partial charge in [-0.2, -0.15) is 0 Å². The molecule has 1 aliphatic carbocycles. The smallest absolute Gasteiger partial charge is 0.225 e. The molecule has 2 aliphatic rings. The Labute approximate surface area is 141 Å². The van der Waals surface area contributed by atoms with Gasteiger partial charge >= 0.3 is 0 Å². The van der Waals surface area contributed by atoms with E-state index in [4.69, 9.17) is 5.73 Å². The molecule has 1 saturated carbocycles. The maximum atomic E-state index is 12.4. The lowest BCUT2D eigenvalue weighted by Crippen LogP contribution is -2.54. The number of carbonyl (C=O) groups is 1. The van der Waals surface area contributed by atoms with Gasteiger partial charge in [-0.3, -0.25) is 9.69 Å². The maximum Gasteiger partial charge on any atom is 0.225 e. The number of amides is 1. The molecule has 0 radical (unpaired) electrons. The molecule has 6 heteroatoms. The first kappa shape index (κ1) is 21.0. The van der Waals surface area contributed by atoms with E-state index < -0.39 is 0 Å². The first-order chi connectivity index (χ1) is 9.04. The standard InChI is InChI=1S/C15H29N3O.2ClH/c1-3-18-10-6-7-12(18)11-17-14(19)13-8-4-5-9-15(13,2)16;;/h12-13H,3-11,16H2,1-2H3,(H,17,19);2*1H. The van der Waals surface area contributed by atoms with Crippen LogP contribution in [0.25, 0.3) is 0 Å². The highest BCUT2D eigenvalue weighted by atomic mass is 35.5. The van der Waals surface area contributed by atoms with Crippen LogP contribution >= 0.6 is 24.8 Å². The van der Waals surface area contributed by atoms with Crippen molar-refractivity contribution >= 4 is 30.7 Å². The Bertz CT molecular complexity index is 326. The third-order valence-electron chi connectivity index (χ3n) is 4.99. The minimum Gasteiger partial charge on any atom is -0.354 e. The van der Waals surface area contributed by atoms with Gasteiger partial charge in [0.25, 0.3) is 0 Å². The normalized spacial score (nSPS) is 32.9. The minimum absolute atomic E-state index is 0. The number of hydrogen-bond acceptors (Lipinski definition) is 3. The molecule has 4 nitrogen and oxygen atoms in total. The Morgan fingerprint density at radius 3 is 2.62 bits per heavy atom. The molecule has 3 unspecified atom stereocenters. The van der Waals surface area contributed by atoms with E-state index in [0.717, 1.165) is 38.8 Å². The Morgan fingerprint density at radius 2 is 2.00 bits per heavy atom. The predicted molar refractivity (Wildman–Crippen MR) is 92.3 cm³/mol. The molecule has 126 valence electrons. The Kier molecular flexibility index (Phi) is 9.17. The number of nitrogens with two attached hydrogens (primary N) is 1. The molecule has 0 aromatic carbocycles. The van der Waals surface area contributed by atoms with Crippen molar-refractivity contribution in [3.05, 3.63) is 0 Å². The molecule has 0 aromatic heterocycles. The van der Waals surface area contributed by atoms with Crippen molar-refractivity contribution in [1.82, 2.24) is 10.2 Å².